The van der Waals surface area contributed by atoms with E-state index in [0.717, 1.165) is 24.9 Å². The van der Waals surface area contributed by atoms with Crippen molar-refractivity contribution in [2.24, 2.45) is 17.3 Å². The molecule has 0 aromatic carbocycles. The summed E-state index contributed by atoms with van der Waals surface area (Å²) in [6.07, 6.45) is 4.03. The van der Waals surface area contributed by atoms with E-state index in [4.69, 9.17) is 0 Å². The highest BCUT2D eigenvalue weighted by Crippen LogP contribution is 2.26. The molecule has 1 aliphatic rings. The normalized spacial score (nSPS) is 19.7. The molecule has 1 N–H and O–H groups in total. The molecule has 0 bridgehead atoms. The van der Waals surface area contributed by atoms with Gasteiger partial charge in [0.15, 0.2) is 0 Å². The molecule has 0 aromatic rings. The Morgan fingerprint density at radius 1 is 1.22 bits per heavy atom. The Morgan fingerprint density at radius 3 is 2.33 bits per heavy atom. The van der Waals surface area contributed by atoms with Gasteiger partial charge in [-0.05, 0) is 56.1 Å². The molecule has 0 atom stereocenters. The predicted molar refractivity (Wildman–Crippen MR) is 80.9 cm³/mol. The third-order valence-electron chi connectivity index (χ3n) is 4.26. The Kier molecular flexibility index (Phi) is 6.65. The summed E-state index contributed by atoms with van der Waals surface area (Å²) in [7, 11) is 0. The predicted octanol–water partition coefficient (Wildman–Crippen LogP) is 3.38. The van der Waals surface area contributed by atoms with Crippen LogP contribution in [0.1, 0.15) is 53.9 Å². The van der Waals surface area contributed by atoms with E-state index < -0.39 is 0 Å². The molecule has 0 saturated carbocycles. The number of hydrogen-bond acceptors (Lipinski definition) is 2. The topological polar surface area (TPSA) is 15.3 Å². The molecule has 1 saturated heterocycles. The van der Waals surface area contributed by atoms with Gasteiger partial charge >= 0.3 is 0 Å². The van der Waals surface area contributed by atoms with E-state index in [1.54, 1.807) is 0 Å². The summed E-state index contributed by atoms with van der Waals surface area (Å²) in [5.74, 6) is 1.83. The number of piperidine rings is 1. The van der Waals surface area contributed by atoms with Crippen LogP contribution in [-0.2, 0) is 0 Å². The SMILES string of the molecule is CCCNCC(C)(C)CN1CCC(C(C)C)CC1. The summed E-state index contributed by atoms with van der Waals surface area (Å²) >= 11 is 0. The second-order valence-electron chi connectivity index (χ2n) is 7.20. The van der Waals surface area contributed by atoms with Crippen molar-refractivity contribution in [2.45, 2.75) is 53.9 Å². The third kappa shape index (κ3) is 5.71. The summed E-state index contributed by atoms with van der Waals surface area (Å²) in [6.45, 7) is 17.9. The van der Waals surface area contributed by atoms with Gasteiger partial charge in [-0.2, -0.15) is 0 Å². The Hall–Kier alpha value is -0.0800. The first-order chi connectivity index (χ1) is 8.44. The maximum absolute atomic E-state index is 3.57. The second-order valence-corrected chi connectivity index (χ2v) is 7.20. The summed E-state index contributed by atoms with van der Waals surface area (Å²) in [5, 5.41) is 3.57. The average molecular weight is 254 g/mol. The molecule has 1 fully saturated rings. The van der Waals surface area contributed by atoms with Crippen LogP contribution in [0, 0.1) is 17.3 Å². The van der Waals surface area contributed by atoms with Gasteiger partial charge in [-0.15, -0.1) is 0 Å². The second kappa shape index (κ2) is 7.49. The maximum Gasteiger partial charge on any atom is 0.00448 e. The van der Waals surface area contributed by atoms with Crippen molar-refractivity contribution >= 4 is 0 Å². The average Bonchev–Trinajstić information content (AvgIpc) is 2.29. The van der Waals surface area contributed by atoms with E-state index in [0.29, 0.717) is 5.41 Å². The van der Waals surface area contributed by atoms with Gasteiger partial charge in [-0.3, -0.25) is 0 Å². The highest BCUT2D eigenvalue weighted by molar-refractivity contribution is 4.80. The first kappa shape index (κ1) is 16.0. The molecule has 2 heteroatoms. The summed E-state index contributed by atoms with van der Waals surface area (Å²) < 4.78 is 0. The lowest BCUT2D eigenvalue weighted by Gasteiger charge is -2.38. The number of nitrogens with zero attached hydrogens (tertiary/aromatic N) is 1. The standard InChI is InChI=1S/C16H34N2/c1-6-9-17-12-16(4,5)13-18-10-7-15(8-11-18)14(2)3/h14-15,17H,6-13H2,1-5H3. The lowest BCUT2D eigenvalue weighted by molar-refractivity contribution is 0.112. The molecule has 0 amide bonds. The van der Waals surface area contributed by atoms with E-state index in [2.05, 4.69) is 44.8 Å². The van der Waals surface area contributed by atoms with Crippen molar-refractivity contribution < 1.29 is 0 Å². The van der Waals surface area contributed by atoms with Crippen LogP contribution in [0.15, 0.2) is 0 Å². The van der Waals surface area contributed by atoms with E-state index in [-0.39, 0.29) is 0 Å². The van der Waals surface area contributed by atoms with Crippen LogP contribution in [0.3, 0.4) is 0 Å². The first-order valence-electron chi connectivity index (χ1n) is 7.87. The molecule has 0 aliphatic carbocycles. The van der Waals surface area contributed by atoms with Crippen molar-refractivity contribution in [2.75, 3.05) is 32.7 Å². The number of rotatable bonds is 7. The number of hydrogen-bond donors (Lipinski definition) is 1. The summed E-state index contributed by atoms with van der Waals surface area (Å²) in [4.78, 5) is 2.67. The lowest BCUT2D eigenvalue weighted by atomic mass is 9.85. The van der Waals surface area contributed by atoms with Crippen molar-refractivity contribution in [3.63, 3.8) is 0 Å². The maximum atomic E-state index is 3.57. The van der Waals surface area contributed by atoms with Gasteiger partial charge in [0.2, 0.25) is 0 Å². The molecular weight excluding hydrogens is 220 g/mol. The van der Waals surface area contributed by atoms with Crippen molar-refractivity contribution in [1.29, 1.82) is 0 Å². The largest absolute Gasteiger partial charge is 0.316 e. The fourth-order valence-electron chi connectivity index (χ4n) is 3.04. The minimum atomic E-state index is 0.403. The van der Waals surface area contributed by atoms with Crippen LogP contribution in [0.5, 0.6) is 0 Å². The van der Waals surface area contributed by atoms with Gasteiger partial charge in [0.05, 0.1) is 0 Å². The molecule has 1 heterocycles. The fourth-order valence-corrected chi connectivity index (χ4v) is 3.04. The van der Waals surface area contributed by atoms with Crippen molar-refractivity contribution in [3.8, 4) is 0 Å². The van der Waals surface area contributed by atoms with Crippen LogP contribution in [0.25, 0.3) is 0 Å². The van der Waals surface area contributed by atoms with E-state index in [1.165, 1.54) is 38.9 Å². The molecule has 2 nitrogen and oxygen atoms in total. The Labute approximate surface area is 115 Å². The van der Waals surface area contributed by atoms with Crippen molar-refractivity contribution in [3.05, 3.63) is 0 Å². The highest BCUT2D eigenvalue weighted by Gasteiger charge is 2.26. The van der Waals surface area contributed by atoms with E-state index >= 15 is 0 Å². The highest BCUT2D eigenvalue weighted by atomic mass is 15.1. The zero-order chi connectivity index (χ0) is 13.6. The van der Waals surface area contributed by atoms with Crippen molar-refractivity contribution in [1.82, 2.24) is 10.2 Å². The molecular formula is C16H34N2. The van der Waals surface area contributed by atoms with E-state index in [9.17, 15) is 0 Å². The smallest absolute Gasteiger partial charge is 0.00448 e. The van der Waals surface area contributed by atoms with Gasteiger partial charge in [0.1, 0.15) is 0 Å². The molecule has 1 rings (SSSR count). The third-order valence-corrected chi connectivity index (χ3v) is 4.26. The fraction of sp³-hybridized carbons (Fsp3) is 1.00. The minimum Gasteiger partial charge on any atom is -0.316 e. The molecule has 1 aliphatic heterocycles. The Bertz CT molecular complexity index is 215. The van der Waals surface area contributed by atoms with E-state index in [1.807, 2.05) is 0 Å². The van der Waals surface area contributed by atoms with Crippen LogP contribution < -0.4 is 5.32 Å². The van der Waals surface area contributed by atoms with Gasteiger partial charge < -0.3 is 10.2 Å². The van der Waals surface area contributed by atoms with Crippen LogP contribution in [0.4, 0.5) is 0 Å². The number of likely N-dealkylation sites (tertiary alicyclic amines) is 1. The lowest BCUT2D eigenvalue weighted by Crippen LogP contribution is -2.44. The zero-order valence-corrected chi connectivity index (χ0v) is 13.3. The van der Waals surface area contributed by atoms with Gasteiger partial charge in [0, 0.05) is 13.1 Å². The van der Waals surface area contributed by atoms with Gasteiger partial charge in [0.25, 0.3) is 0 Å². The quantitative estimate of drug-likeness (QED) is 0.701. The zero-order valence-electron chi connectivity index (χ0n) is 13.3. The first-order valence-corrected chi connectivity index (χ1v) is 7.87. The summed E-state index contributed by atoms with van der Waals surface area (Å²) in [5.41, 5.74) is 0.403. The van der Waals surface area contributed by atoms with Crippen LogP contribution in [0.2, 0.25) is 0 Å². The van der Waals surface area contributed by atoms with Crippen LogP contribution in [-0.4, -0.2) is 37.6 Å². The van der Waals surface area contributed by atoms with Gasteiger partial charge in [-0.1, -0.05) is 34.6 Å². The number of nitrogens with one attached hydrogen (secondary N) is 1. The van der Waals surface area contributed by atoms with Gasteiger partial charge in [-0.25, -0.2) is 0 Å². The molecule has 0 aromatic heterocycles. The molecule has 108 valence electrons. The minimum absolute atomic E-state index is 0.403. The Balaban J connectivity index is 2.26. The molecule has 0 unspecified atom stereocenters. The molecule has 0 spiro atoms. The van der Waals surface area contributed by atoms with Crippen LogP contribution >= 0.6 is 0 Å². The summed E-state index contributed by atoms with van der Waals surface area (Å²) in [6, 6.07) is 0. The molecule has 0 radical (unpaired) electrons. The Morgan fingerprint density at radius 2 is 1.83 bits per heavy atom. The monoisotopic (exact) mass is 254 g/mol. The molecule has 18 heavy (non-hydrogen) atoms.